The van der Waals surface area contributed by atoms with Gasteiger partial charge in [-0.2, -0.15) is 0 Å². The van der Waals surface area contributed by atoms with Crippen LogP contribution in [0.4, 0.5) is 0 Å². The maximum Gasteiger partial charge on any atom is 0.337 e. The van der Waals surface area contributed by atoms with E-state index in [1.807, 2.05) is 0 Å². The quantitative estimate of drug-likeness (QED) is 0.263. The second kappa shape index (κ2) is 16.5. The number of aliphatic carboxylic acids is 1. The molecule has 0 radical (unpaired) electrons. The molecule has 0 unspecified atom stereocenters. The number of esters is 2. The first-order valence-corrected chi connectivity index (χ1v) is 8.30. The summed E-state index contributed by atoms with van der Waals surface area (Å²) in [7, 11) is 0. The molecular formula is C19H30O6. The Morgan fingerprint density at radius 3 is 2.20 bits per heavy atom. The first-order valence-electron chi connectivity index (χ1n) is 8.30. The van der Waals surface area contributed by atoms with Crippen LogP contribution in [0, 0.1) is 5.92 Å². The van der Waals surface area contributed by atoms with E-state index in [1.165, 1.54) is 18.9 Å². The van der Waals surface area contributed by atoms with Gasteiger partial charge in [0.15, 0.2) is 0 Å². The Hall–Kier alpha value is -2.37. The van der Waals surface area contributed by atoms with Gasteiger partial charge in [-0.05, 0) is 25.3 Å². The lowest BCUT2D eigenvalue weighted by molar-refractivity contribution is -0.138. The summed E-state index contributed by atoms with van der Waals surface area (Å²) >= 11 is 0. The molecule has 1 N–H and O–H groups in total. The number of hydrogen-bond acceptors (Lipinski definition) is 5. The van der Waals surface area contributed by atoms with Crippen LogP contribution >= 0.6 is 0 Å². The summed E-state index contributed by atoms with van der Waals surface area (Å²) in [5, 5.41) is 8.19. The van der Waals surface area contributed by atoms with Crippen LogP contribution in [0.1, 0.15) is 46.5 Å². The molecule has 0 aliphatic carbocycles. The van der Waals surface area contributed by atoms with Crippen molar-refractivity contribution in [1.82, 2.24) is 0 Å². The summed E-state index contributed by atoms with van der Waals surface area (Å²) in [6.07, 6.45) is 7.72. The standard InChI is InChI=1S/C11H20O2.C8H10O4/c1-4-11(12)13-9-7-5-6-8-10(2)3;1-3-12-8(11)6(2)4-5-7(9)10/h4,10H,1,5-9H2,2-3H3;4-5H,2-3H2,1H3,(H,9,10). The minimum atomic E-state index is -1.12. The number of carbonyl (C=O) groups excluding carboxylic acids is 2. The van der Waals surface area contributed by atoms with E-state index in [2.05, 4.69) is 31.7 Å². The fourth-order valence-electron chi connectivity index (χ4n) is 1.53. The topological polar surface area (TPSA) is 89.9 Å². The van der Waals surface area contributed by atoms with Gasteiger partial charge >= 0.3 is 17.9 Å². The third-order valence-corrected chi connectivity index (χ3v) is 2.80. The summed E-state index contributed by atoms with van der Waals surface area (Å²) < 4.78 is 9.39. The number of hydrogen-bond donors (Lipinski definition) is 1. The van der Waals surface area contributed by atoms with E-state index in [-0.39, 0.29) is 18.1 Å². The van der Waals surface area contributed by atoms with Crippen molar-refractivity contribution in [2.75, 3.05) is 13.2 Å². The SMILES string of the molecule is C=C(C=CC(=O)O)C(=O)OCC.C=CC(=O)OCCCCCC(C)C. The molecule has 25 heavy (non-hydrogen) atoms. The van der Waals surface area contributed by atoms with Gasteiger partial charge in [0.1, 0.15) is 0 Å². The largest absolute Gasteiger partial charge is 0.478 e. The fraction of sp³-hybridized carbons (Fsp3) is 0.526. The predicted octanol–water partition coefficient (Wildman–Crippen LogP) is 3.68. The molecule has 0 aromatic rings. The fourth-order valence-corrected chi connectivity index (χ4v) is 1.53. The highest BCUT2D eigenvalue weighted by Gasteiger charge is 2.03. The zero-order valence-electron chi connectivity index (χ0n) is 15.5. The Kier molecular flexibility index (Phi) is 16.4. The smallest absolute Gasteiger partial charge is 0.337 e. The normalized spacial score (nSPS) is 9.92. The van der Waals surface area contributed by atoms with Gasteiger partial charge in [0.05, 0.1) is 18.8 Å². The van der Waals surface area contributed by atoms with Crippen LogP contribution in [0.15, 0.2) is 37.0 Å². The van der Waals surface area contributed by atoms with Crippen LogP contribution in [0.3, 0.4) is 0 Å². The van der Waals surface area contributed by atoms with Gasteiger partial charge in [-0.3, -0.25) is 0 Å². The summed E-state index contributed by atoms with van der Waals surface area (Å²) in [5.74, 6) is -1.27. The first kappa shape index (κ1) is 24.9. The van der Waals surface area contributed by atoms with E-state index in [1.54, 1.807) is 6.92 Å². The van der Waals surface area contributed by atoms with Crippen LogP contribution in [0.2, 0.25) is 0 Å². The second-order valence-electron chi connectivity index (χ2n) is 5.53. The third-order valence-electron chi connectivity index (χ3n) is 2.80. The number of carboxylic acid groups (broad SMARTS) is 1. The maximum atomic E-state index is 10.8. The Bertz CT molecular complexity index is 463. The average molecular weight is 354 g/mol. The van der Waals surface area contributed by atoms with Gasteiger partial charge in [0.25, 0.3) is 0 Å². The van der Waals surface area contributed by atoms with Gasteiger partial charge in [-0.25, -0.2) is 14.4 Å². The van der Waals surface area contributed by atoms with Crippen LogP contribution in [-0.2, 0) is 23.9 Å². The van der Waals surface area contributed by atoms with Crippen LogP contribution < -0.4 is 0 Å². The molecule has 6 nitrogen and oxygen atoms in total. The zero-order valence-corrected chi connectivity index (χ0v) is 15.5. The molecule has 0 aromatic carbocycles. The molecule has 0 saturated heterocycles. The van der Waals surface area contributed by atoms with Crippen molar-refractivity contribution >= 4 is 17.9 Å². The number of unbranched alkanes of at least 4 members (excludes halogenated alkanes) is 2. The molecule has 0 heterocycles. The van der Waals surface area contributed by atoms with Crippen LogP contribution in [0.25, 0.3) is 0 Å². The van der Waals surface area contributed by atoms with Crippen molar-refractivity contribution in [3.63, 3.8) is 0 Å². The number of carbonyl (C=O) groups is 3. The van der Waals surface area contributed by atoms with E-state index in [4.69, 9.17) is 9.84 Å². The van der Waals surface area contributed by atoms with Crippen molar-refractivity contribution in [2.45, 2.75) is 46.5 Å². The number of ether oxygens (including phenoxy) is 2. The molecule has 0 amide bonds. The molecule has 0 rings (SSSR count). The highest BCUT2D eigenvalue weighted by molar-refractivity contribution is 5.93. The summed E-state index contributed by atoms with van der Waals surface area (Å²) in [6.45, 7) is 13.5. The molecule has 0 atom stereocenters. The molecule has 0 bridgehead atoms. The van der Waals surface area contributed by atoms with Gasteiger partial charge in [-0.15, -0.1) is 0 Å². The van der Waals surface area contributed by atoms with Gasteiger partial charge in [-0.1, -0.05) is 46.3 Å². The minimum absolute atomic E-state index is 0.0271. The van der Waals surface area contributed by atoms with Crippen molar-refractivity contribution in [3.05, 3.63) is 37.0 Å². The third kappa shape index (κ3) is 19.6. The highest BCUT2D eigenvalue weighted by Crippen LogP contribution is 2.07. The average Bonchev–Trinajstić information content (AvgIpc) is 2.55. The van der Waals surface area contributed by atoms with Crippen molar-refractivity contribution in [2.24, 2.45) is 5.92 Å². The zero-order chi connectivity index (χ0) is 19.7. The van der Waals surface area contributed by atoms with Crippen molar-refractivity contribution in [3.8, 4) is 0 Å². The summed E-state index contributed by atoms with van der Waals surface area (Å²) in [6, 6.07) is 0. The molecule has 142 valence electrons. The maximum absolute atomic E-state index is 10.8. The molecule has 6 heteroatoms. The number of rotatable bonds is 11. The Labute approximate surface area is 150 Å². The number of carboxylic acids is 1. The van der Waals surface area contributed by atoms with Crippen molar-refractivity contribution in [1.29, 1.82) is 0 Å². The molecular weight excluding hydrogens is 324 g/mol. The van der Waals surface area contributed by atoms with Crippen molar-refractivity contribution < 1.29 is 29.0 Å². The highest BCUT2D eigenvalue weighted by atomic mass is 16.5. The molecule has 0 spiro atoms. The Morgan fingerprint density at radius 1 is 1.08 bits per heavy atom. The molecule has 0 aromatic heterocycles. The molecule has 0 fully saturated rings. The first-order chi connectivity index (χ1) is 11.7. The Balaban J connectivity index is 0. The Morgan fingerprint density at radius 2 is 1.72 bits per heavy atom. The molecule has 0 aliphatic heterocycles. The van der Waals surface area contributed by atoms with Gasteiger partial charge in [0, 0.05) is 12.2 Å². The van der Waals surface area contributed by atoms with E-state index < -0.39 is 11.9 Å². The lowest BCUT2D eigenvalue weighted by Gasteiger charge is -2.04. The van der Waals surface area contributed by atoms with E-state index in [0.717, 1.165) is 30.9 Å². The molecule has 0 saturated carbocycles. The molecule has 0 aliphatic rings. The predicted molar refractivity (Wildman–Crippen MR) is 97.0 cm³/mol. The summed E-state index contributed by atoms with van der Waals surface area (Å²) in [4.78, 5) is 31.4. The monoisotopic (exact) mass is 354 g/mol. The summed E-state index contributed by atoms with van der Waals surface area (Å²) in [5.41, 5.74) is 0.0271. The van der Waals surface area contributed by atoms with Gasteiger partial charge < -0.3 is 14.6 Å². The lowest BCUT2D eigenvalue weighted by Crippen LogP contribution is -2.05. The minimum Gasteiger partial charge on any atom is -0.478 e. The lowest BCUT2D eigenvalue weighted by atomic mass is 10.1. The van der Waals surface area contributed by atoms with Crippen LogP contribution in [-0.4, -0.2) is 36.2 Å². The van der Waals surface area contributed by atoms with E-state index >= 15 is 0 Å². The van der Waals surface area contributed by atoms with Gasteiger partial charge in [0.2, 0.25) is 0 Å². The second-order valence-corrected chi connectivity index (χ2v) is 5.53. The van der Waals surface area contributed by atoms with E-state index in [0.29, 0.717) is 6.61 Å². The van der Waals surface area contributed by atoms with E-state index in [9.17, 15) is 14.4 Å². The van der Waals surface area contributed by atoms with Crippen LogP contribution in [0.5, 0.6) is 0 Å².